The van der Waals surface area contributed by atoms with E-state index in [9.17, 15) is 0 Å². The summed E-state index contributed by atoms with van der Waals surface area (Å²) in [5.74, 6) is 0. The Kier molecular flexibility index (Phi) is 3.51. The molecule has 0 amide bonds. The molecule has 68 valence electrons. The summed E-state index contributed by atoms with van der Waals surface area (Å²) in [6.45, 7) is 6.84. The fourth-order valence-corrected chi connectivity index (χ4v) is 1.40. The second-order valence-electron chi connectivity index (χ2n) is 3.43. The Balaban J connectivity index is 2.49. The van der Waals surface area contributed by atoms with Gasteiger partial charge in [0.2, 0.25) is 0 Å². The molecule has 3 heteroatoms. The monoisotopic (exact) mass is 168 g/mol. The third-order valence-electron chi connectivity index (χ3n) is 2.18. The van der Waals surface area contributed by atoms with Gasteiger partial charge < -0.3 is 4.74 Å². The third-order valence-corrected chi connectivity index (χ3v) is 2.18. The minimum atomic E-state index is -0.227. The molecule has 0 spiro atoms. The highest BCUT2D eigenvalue weighted by Gasteiger charge is 2.19. The van der Waals surface area contributed by atoms with Crippen molar-refractivity contribution < 1.29 is 4.74 Å². The molecule has 0 unspecified atom stereocenters. The van der Waals surface area contributed by atoms with Crippen LogP contribution in [0.4, 0.5) is 0 Å². The summed E-state index contributed by atoms with van der Waals surface area (Å²) in [5.41, 5.74) is 0. The molecule has 1 heterocycles. The maximum atomic E-state index is 8.71. The van der Waals surface area contributed by atoms with Crippen LogP contribution in [-0.4, -0.2) is 36.7 Å². The number of rotatable bonds is 1. The van der Waals surface area contributed by atoms with E-state index in [1.54, 1.807) is 0 Å². The average Bonchev–Trinajstić information content (AvgIpc) is 2.28. The summed E-state index contributed by atoms with van der Waals surface area (Å²) in [7, 11) is 0. The molecular weight excluding hydrogens is 152 g/mol. The van der Waals surface area contributed by atoms with Crippen molar-refractivity contribution in [2.24, 2.45) is 0 Å². The second-order valence-corrected chi connectivity index (χ2v) is 3.43. The van der Waals surface area contributed by atoms with Crippen LogP contribution in [0.5, 0.6) is 0 Å². The van der Waals surface area contributed by atoms with Crippen LogP contribution < -0.4 is 0 Å². The van der Waals surface area contributed by atoms with Crippen molar-refractivity contribution >= 4 is 0 Å². The molecule has 0 N–H and O–H groups in total. The normalized spacial score (nSPS) is 26.7. The topological polar surface area (TPSA) is 36.3 Å². The van der Waals surface area contributed by atoms with Gasteiger partial charge in [-0.05, 0) is 20.3 Å². The van der Waals surface area contributed by atoms with Crippen LogP contribution >= 0.6 is 0 Å². The van der Waals surface area contributed by atoms with Gasteiger partial charge in [0, 0.05) is 25.7 Å². The molecule has 1 aliphatic rings. The van der Waals surface area contributed by atoms with Gasteiger partial charge in [0.05, 0.1) is 6.07 Å². The van der Waals surface area contributed by atoms with Gasteiger partial charge in [0.1, 0.15) is 0 Å². The number of hydrogen-bond donors (Lipinski definition) is 0. The molecule has 0 aromatic rings. The lowest BCUT2D eigenvalue weighted by Crippen LogP contribution is -2.36. The summed E-state index contributed by atoms with van der Waals surface area (Å²) in [6, 6.07) is 2.68. The highest BCUT2D eigenvalue weighted by atomic mass is 16.5. The number of ether oxygens (including phenoxy) is 1. The van der Waals surface area contributed by atoms with Gasteiger partial charge in [0.25, 0.3) is 0 Å². The minimum Gasteiger partial charge on any atom is -0.362 e. The van der Waals surface area contributed by atoms with Crippen LogP contribution in [0.2, 0.25) is 0 Å². The largest absolute Gasteiger partial charge is 0.362 e. The van der Waals surface area contributed by atoms with Gasteiger partial charge in [-0.2, -0.15) is 5.26 Å². The van der Waals surface area contributed by atoms with Crippen molar-refractivity contribution in [2.45, 2.75) is 32.4 Å². The lowest BCUT2D eigenvalue weighted by atomic mass is 10.2. The van der Waals surface area contributed by atoms with Crippen molar-refractivity contribution in [1.29, 1.82) is 5.26 Å². The Morgan fingerprint density at radius 3 is 2.92 bits per heavy atom. The molecule has 1 rings (SSSR count). The summed E-state index contributed by atoms with van der Waals surface area (Å²) in [5, 5.41) is 8.71. The molecule has 1 fully saturated rings. The fourth-order valence-electron chi connectivity index (χ4n) is 1.40. The van der Waals surface area contributed by atoms with Crippen molar-refractivity contribution in [3.8, 4) is 6.07 Å². The molecule has 0 saturated carbocycles. The lowest BCUT2D eigenvalue weighted by Gasteiger charge is -2.24. The quantitative estimate of drug-likeness (QED) is 0.586. The zero-order valence-electron chi connectivity index (χ0n) is 7.79. The maximum Gasteiger partial charge on any atom is 0.156 e. The number of nitrogens with zero attached hydrogens (tertiary/aromatic N) is 2. The smallest absolute Gasteiger partial charge is 0.156 e. The van der Waals surface area contributed by atoms with E-state index in [2.05, 4.69) is 24.8 Å². The summed E-state index contributed by atoms with van der Waals surface area (Å²) >= 11 is 0. The zero-order chi connectivity index (χ0) is 8.97. The molecule has 0 bridgehead atoms. The van der Waals surface area contributed by atoms with Crippen LogP contribution in [0.3, 0.4) is 0 Å². The summed E-state index contributed by atoms with van der Waals surface area (Å²) < 4.78 is 5.33. The molecule has 3 nitrogen and oxygen atoms in total. The molecule has 0 aromatic heterocycles. The number of nitriles is 1. The highest BCUT2D eigenvalue weighted by molar-refractivity contribution is 4.88. The van der Waals surface area contributed by atoms with Gasteiger partial charge in [-0.1, -0.05) is 0 Å². The maximum absolute atomic E-state index is 8.71. The van der Waals surface area contributed by atoms with Crippen molar-refractivity contribution in [1.82, 2.24) is 4.90 Å². The van der Waals surface area contributed by atoms with E-state index in [1.807, 2.05) is 0 Å². The molecule has 0 aromatic carbocycles. The lowest BCUT2D eigenvalue weighted by molar-refractivity contribution is 0.0876. The SMILES string of the molecule is CC(C)N1CCCO[C@@H](C#N)C1. The molecule has 12 heavy (non-hydrogen) atoms. The van der Waals surface area contributed by atoms with Crippen LogP contribution in [0.15, 0.2) is 0 Å². The van der Waals surface area contributed by atoms with Gasteiger partial charge in [-0.25, -0.2) is 0 Å². The fraction of sp³-hybridized carbons (Fsp3) is 0.889. The molecule has 0 radical (unpaired) electrons. The average molecular weight is 168 g/mol. The van der Waals surface area contributed by atoms with Crippen LogP contribution in [0.25, 0.3) is 0 Å². The minimum absolute atomic E-state index is 0.227. The zero-order valence-corrected chi connectivity index (χ0v) is 7.79. The van der Waals surface area contributed by atoms with Crippen molar-refractivity contribution in [3.05, 3.63) is 0 Å². The van der Waals surface area contributed by atoms with Crippen LogP contribution in [0, 0.1) is 11.3 Å². The van der Waals surface area contributed by atoms with E-state index in [0.717, 1.165) is 26.1 Å². The van der Waals surface area contributed by atoms with E-state index >= 15 is 0 Å². The van der Waals surface area contributed by atoms with Crippen molar-refractivity contribution in [2.75, 3.05) is 19.7 Å². The van der Waals surface area contributed by atoms with Crippen LogP contribution in [0.1, 0.15) is 20.3 Å². The number of hydrogen-bond acceptors (Lipinski definition) is 3. The molecule has 0 aliphatic carbocycles. The standard InChI is InChI=1S/C9H16N2O/c1-8(2)11-4-3-5-12-9(6-10)7-11/h8-9H,3-5,7H2,1-2H3/t9-/m0/s1. The van der Waals surface area contributed by atoms with E-state index < -0.39 is 0 Å². The van der Waals surface area contributed by atoms with Crippen molar-refractivity contribution in [3.63, 3.8) is 0 Å². The molecular formula is C9H16N2O. The van der Waals surface area contributed by atoms with Gasteiger partial charge in [-0.15, -0.1) is 0 Å². The molecule has 1 aliphatic heterocycles. The first-order chi connectivity index (χ1) is 5.74. The Morgan fingerprint density at radius 1 is 1.58 bits per heavy atom. The van der Waals surface area contributed by atoms with Crippen LogP contribution in [-0.2, 0) is 4.74 Å². The van der Waals surface area contributed by atoms with Gasteiger partial charge >= 0.3 is 0 Å². The van der Waals surface area contributed by atoms with Gasteiger partial charge in [-0.3, -0.25) is 4.90 Å². The summed E-state index contributed by atoms with van der Waals surface area (Å²) in [4.78, 5) is 2.29. The van der Waals surface area contributed by atoms with E-state index in [-0.39, 0.29) is 6.10 Å². The van der Waals surface area contributed by atoms with E-state index in [1.165, 1.54) is 0 Å². The highest BCUT2D eigenvalue weighted by Crippen LogP contribution is 2.08. The van der Waals surface area contributed by atoms with E-state index in [4.69, 9.17) is 10.00 Å². The Morgan fingerprint density at radius 2 is 2.33 bits per heavy atom. The van der Waals surface area contributed by atoms with Gasteiger partial charge in [0.15, 0.2) is 6.10 Å². The second kappa shape index (κ2) is 4.44. The first-order valence-corrected chi connectivity index (χ1v) is 4.49. The first kappa shape index (κ1) is 9.50. The first-order valence-electron chi connectivity index (χ1n) is 4.49. The predicted octanol–water partition coefficient (Wildman–Crippen LogP) is 1.01. The Hall–Kier alpha value is -0.590. The third kappa shape index (κ3) is 2.47. The molecule has 1 atom stereocenters. The Labute approximate surface area is 73.9 Å². The summed E-state index contributed by atoms with van der Waals surface area (Å²) in [6.07, 6.45) is 0.811. The predicted molar refractivity (Wildman–Crippen MR) is 46.7 cm³/mol. The van der Waals surface area contributed by atoms with E-state index in [0.29, 0.717) is 6.04 Å². The Bertz CT molecular complexity index is 174. The molecule has 1 saturated heterocycles.